The second kappa shape index (κ2) is 12.4. The average Bonchev–Trinajstić information content (AvgIpc) is 2.89. The maximum Gasteiger partial charge on any atom is 0.339 e. The quantitative estimate of drug-likeness (QED) is 0.319. The Kier molecular flexibility index (Phi) is 8.76. The Morgan fingerprint density at radius 2 is 1.66 bits per heavy atom. The molecule has 35 heavy (non-hydrogen) atoms. The van der Waals surface area contributed by atoms with Gasteiger partial charge in [-0.25, -0.2) is 4.79 Å². The molecule has 0 heterocycles. The summed E-state index contributed by atoms with van der Waals surface area (Å²) in [6.45, 7) is 1.56. The van der Waals surface area contributed by atoms with Gasteiger partial charge in [0, 0.05) is 13.1 Å². The molecule has 0 aliphatic heterocycles. The summed E-state index contributed by atoms with van der Waals surface area (Å²) in [6, 6.07) is 22.6. The number of carboxylic acids is 1. The van der Waals surface area contributed by atoms with Crippen molar-refractivity contribution in [3.8, 4) is 22.6 Å². The van der Waals surface area contributed by atoms with Crippen LogP contribution in [0.25, 0.3) is 11.1 Å². The largest absolute Gasteiger partial charge is 0.492 e. The van der Waals surface area contributed by atoms with Crippen molar-refractivity contribution in [1.82, 2.24) is 5.32 Å². The molecule has 1 saturated carbocycles. The van der Waals surface area contributed by atoms with Crippen LogP contribution in [0.5, 0.6) is 11.5 Å². The van der Waals surface area contributed by atoms with Gasteiger partial charge < -0.3 is 25.0 Å². The third-order valence-electron chi connectivity index (χ3n) is 6.32. The molecule has 0 aromatic heterocycles. The van der Waals surface area contributed by atoms with Crippen molar-refractivity contribution in [2.75, 3.05) is 19.7 Å². The lowest BCUT2D eigenvalue weighted by Gasteiger charge is -2.24. The molecule has 1 aliphatic carbocycles. The predicted octanol–water partition coefficient (Wildman–Crippen LogP) is 5.47. The van der Waals surface area contributed by atoms with Gasteiger partial charge in [0.2, 0.25) is 0 Å². The maximum absolute atomic E-state index is 11.7. The van der Waals surface area contributed by atoms with Gasteiger partial charge in [-0.3, -0.25) is 0 Å². The van der Waals surface area contributed by atoms with E-state index in [1.54, 1.807) is 6.07 Å². The number of ether oxygens (including phenoxy) is 2. The van der Waals surface area contributed by atoms with Crippen LogP contribution in [0.15, 0.2) is 72.8 Å². The number of aromatic carboxylic acids is 1. The van der Waals surface area contributed by atoms with Gasteiger partial charge in [-0.1, -0.05) is 55.0 Å². The van der Waals surface area contributed by atoms with E-state index in [0.717, 1.165) is 48.1 Å². The molecule has 0 radical (unpaired) electrons. The summed E-state index contributed by atoms with van der Waals surface area (Å²) >= 11 is 0. The summed E-state index contributed by atoms with van der Waals surface area (Å²) in [5, 5.41) is 23.0. The number of benzene rings is 3. The molecule has 6 heteroatoms. The SMILES string of the molecule is O=C(O)c1ccc(-c2ccc(OCCNC[C@@H](O)c3ccccc3)cc2)cc1OC1CCCCC1. The van der Waals surface area contributed by atoms with E-state index in [4.69, 9.17) is 9.47 Å². The van der Waals surface area contributed by atoms with E-state index in [9.17, 15) is 15.0 Å². The first kappa shape index (κ1) is 24.8. The van der Waals surface area contributed by atoms with E-state index in [0.29, 0.717) is 25.4 Å². The zero-order chi connectivity index (χ0) is 24.5. The van der Waals surface area contributed by atoms with Crippen molar-refractivity contribution in [1.29, 1.82) is 0 Å². The molecule has 0 saturated heterocycles. The summed E-state index contributed by atoms with van der Waals surface area (Å²) < 4.78 is 11.9. The lowest BCUT2D eigenvalue weighted by atomic mass is 9.97. The molecule has 0 bridgehead atoms. The van der Waals surface area contributed by atoms with Crippen molar-refractivity contribution >= 4 is 5.97 Å². The van der Waals surface area contributed by atoms with E-state index in [1.807, 2.05) is 66.7 Å². The Labute approximate surface area is 206 Å². The molecule has 184 valence electrons. The Hall–Kier alpha value is -3.35. The van der Waals surface area contributed by atoms with Crippen LogP contribution in [-0.2, 0) is 0 Å². The summed E-state index contributed by atoms with van der Waals surface area (Å²) in [7, 11) is 0. The topological polar surface area (TPSA) is 88.0 Å². The molecule has 0 amide bonds. The first-order chi connectivity index (χ1) is 17.1. The monoisotopic (exact) mass is 475 g/mol. The minimum absolute atomic E-state index is 0.0790. The normalized spacial score (nSPS) is 14.9. The van der Waals surface area contributed by atoms with Crippen molar-refractivity contribution in [2.45, 2.75) is 44.3 Å². The Morgan fingerprint density at radius 1 is 0.943 bits per heavy atom. The molecule has 1 aliphatic rings. The van der Waals surface area contributed by atoms with E-state index in [-0.39, 0.29) is 11.7 Å². The van der Waals surface area contributed by atoms with Crippen molar-refractivity contribution in [2.24, 2.45) is 0 Å². The highest BCUT2D eigenvalue weighted by molar-refractivity contribution is 5.92. The molecule has 1 atom stereocenters. The number of aliphatic hydroxyl groups is 1. The van der Waals surface area contributed by atoms with Crippen LogP contribution < -0.4 is 14.8 Å². The molecular weight excluding hydrogens is 442 g/mol. The first-order valence-electron chi connectivity index (χ1n) is 12.3. The standard InChI is InChI=1S/C29H33NO5/c31-27(22-7-3-1-4-8-22)20-30-17-18-34-24-14-11-21(12-15-24)23-13-16-26(29(32)33)28(19-23)35-25-9-5-2-6-10-25/h1,3-4,7-8,11-16,19,25,27,30-31H,2,5-6,9-10,17-18,20H2,(H,32,33)/t27-/m1/s1. The zero-order valence-corrected chi connectivity index (χ0v) is 19.9. The number of hydrogen-bond donors (Lipinski definition) is 3. The van der Waals surface area contributed by atoms with Gasteiger partial charge in [-0.2, -0.15) is 0 Å². The lowest BCUT2D eigenvalue weighted by molar-refractivity contribution is 0.0686. The van der Waals surface area contributed by atoms with Crippen LogP contribution in [0.3, 0.4) is 0 Å². The number of hydrogen-bond acceptors (Lipinski definition) is 5. The van der Waals surface area contributed by atoms with Gasteiger partial charge in [-0.15, -0.1) is 0 Å². The molecule has 1 fully saturated rings. The molecule has 4 rings (SSSR count). The van der Waals surface area contributed by atoms with Gasteiger partial charge in [0.15, 0.2) is 0 Å². The van der Waals surface area contributed by atoms with Gasteiger partial charge >= 0.3 is 5.97 Å². The van der Waals surface area contributed by atoms with E-state index in [2.05, 4.69) is 5.32 Å². The third kappa shape index (κ3) is 7.07. The molecule has 3 aromatic carbocycles. The minimum Gasteiger partial charge on any atom is -0.492 e. The van der Waals surface area contributed by atoms with Gasteiger partial charge in [0.1, 0.15) is 23.7 Å². The Bertz CT molecular complexity index is 1080. The van der Waals surface area contributed by atoms with Crippen LogP contribution in [0.2, 0.25) is 0 Å². The fraction of sp³-hybridized carbons (Fsp3) is 0.345. The lowest BCUT2D eigenvalue weighted by Crippen LogP contribution is -2.26. The fourth-order valence-corrected chi connectivity index (χ4v) is 4.36. The number of rotatable bonds is 11. The molecule has 3 N–H and O–H groups in total. The molecule has 0 spiro atoms. The highest BCUT2D eigenvalue weighted by Gasteiger charge is 2.19. The van der Waals surface area contributed by atoms with Crippen LogP contribution in [0.1, 0.15) is 54.1 Å². The second-order valence-electron chi connectivity index (χ2n) is 8.90. The molecule has 0 unspecified atom stereocenters. The smallest absolute Gasteiger partial charge is 0.339 e. The Morgan fingerprint density at radius 3 is 2.37 bits per heavy atom. The number of carbonyl (C=O) groups is 1. The first-order valence-corrected chi connectivity index (χ1v) is 12.3. The minimum atomic E-state index is -0.976. The summed E-state index contributed by atoms with van der Waals surface area (Å²) in [5.74, 6) is 0.210. The average molecular weight is 476 g/mol. The summed E-state index contributed by atoms with van der Waals surface area (Å²) in [5.41, 5.74) is 2.96. The Balaban J connectivity index is 1.30. The summed E-state index contributed by atoms with van der Waals surface area (Å²) in [6.07, 6.45) is 4.93. The molecular formula is C29H33NO5. The van der Waals surface area contributed by atoms with Gasteiger partial charge in [-0.05, 0) is 66.6 Å². The van der Waals surface area contributed by atoms with Crippen LogP contribution >= 0.6 is 0 Å². The van der Waals surface area contributed by atoms with Crippen LogP contribution in [0.4, 0.5) is 0 Å². The number of nitrogens with one attached hydrogen (secondary N) is 1. The van der Waals surface area contributed by atoms with E-state index < -0.39 is 12.1 Å². The van der Waals surface area contributed by atoms with Crippen molar-refractivity contribution < 1.29 is 24.5 Å². The zero-order valence-electron chi connectivity index (χ0n) is 19.9. The fourth-order valence-electron chi connectivity index (χ4n) is 4.36. The highest BCUT2D eigenvalue weighted by atomic mass is 16.5. The van der Waals surface area contributed by atoms with Gasteiger partial charge in [0.05, 0.1) is 12.2 Å². The van der Waals surface area contributed by atoms with Crippen molar-refractivity contribution in [3.63, 3.8) is 0 Å². The van der Waals surface area contributed by atoms with Gasteiger partial charge in [0.25, 0.3) is 0 Å². The predicted molar refractivity (Wildman–Crippen MR) is 136 cm³/mol. The number of aliphatic hydroxyl groups excluding tert-OH is 1. The maximum atomic E-state index is 11.7. The summed E-state index contributed by atoms with van der Waals surface area (Å²) in [4.78, 5) is 11.7. The van der Waals surface area contributed by atoms with E-state index in [1.165, 1.54) is 6.42 Å². The third-order valence-corrected chi connectivity index (χ3v) is 6.32. The van der Waals surface area contributed by atoms with Crippen LogP contribution in [-0.4, -0.2) is 42.0 Å². The number of carboxylic acid groups (broad SMARTS) is 1. The highest BCUT2D eigenvalue weighted by Crippen LogP contribution is 2.31. The molecule has 3 aromatic rings. The van der Waals surface area contributed by atoms with Crippen LogP contribution in [0, 0.1) is 0 Å². The van der Waals surface area contributed by atoms with E-state index >= 15 is 0 Å². The second-order valence-corrected chi connectivity index (χ2v) is 8.90. The van der Waals surface area contributed by atoms with Crippen molar-refractivity contribution in [3.05, 3.63) is 83.9 Å². The molecule has 6 nitrogen and oxygen atoms in total.